The van der Waals surface area contributed by atoms with Crippen molar-refractivity contribution in [2.45, 2.75) is 19.0 Å². The van der Waals surface area contributed by atoms with Crippen LogP contribution in [-0.2, 0) is 22.6 Å². The Kier molecular flexibility index (Phi) is 3.94. The van der Waals surface area contributed by atoms with Crippen LogP contribution in [0.1, 0.15) is 11.1 Å². The summed E-state index contributed by atoms with van der Waals surface area (Å²) in [6, 6.07) is 7.80. The first-order valence-electron chi connectivity index (χ1n) is 5.99. The van der Waals surface area contributed by atoms with E-state index in [4.69, 9.17) is 0 Å². The molecule has 5 heteroatoms. The van der Waals surface area contributed by atoms with Crippen LogP contribution in [0.25, 0.3) is 0 Å². The van der Waals surface area contributed by atoms with Gasteiger partial charge in [-0.05, 0) is 17.5 Å². The van der Waals surface area contributed by atoms with Crippen LogP contribution in [0.15, 0.2) is 24.3 Å². The Labute approximate surface area is 106 Å². The predicted molar refractivity (Wildman–Crippen MR) is 67.9 cm³/mol. The van der Waals surface area contributed by atoms with E-state index < -0.39 is 0 Å². The summed E-state index contributed by atoms with van der Waals surface area (Å²) in [6.07, 6.45) is 0.662. The number of amides is 2. The molecule has 0 aromatic heterocycles. The molecule has 18 heavy (non-hydrogen) atoms. The fraction of sp³-hybridized carbons (Fsp3) is 0.385. The van der Waals surface area contributed by atoms with Gasteiger partial charge in [0.1, 0.15) is 0 Å². The Morgan fingerprint density at radius 3 is 2.78 bits per heavy atom. The van der Waals surface area contributed by atoms with E-state index in [0.717, 1.165) is 0 Å². The molecule has 2 rings (SSSR count). The van der Waals surface area contributed by atoms with E-state index in [0.29, 0.717) is 13.0 Å². The minimum absolute atomic E-state index is 0.0230. The van der Waals surface area contributed by atoms with E-state index in [1.54, 1.807) is 7.05 Å². The van der Waals surface area contributed by atoms with Crippen molar-refractivity contribution in [1.29, 1.82) is 0 Å². The number of likely N-dealkylation sites (N-methyl/N-ethyl adjacent to an activating group) is 1. The highest BCUT2D eigenvalue weighted by atomic mass is 16.2. The van der Waals surface area contributed by atoms with Crippen molar-refractivity contribution in [1.82, 2.24) is 16.0 Å². The van der Waals surface area contributed by atoms with Crippen molar-refractivity contribution in [3.8, 4) is 0 Å². The average Bonchev–Trinajstić information content (AvgIpc) is 2.43. The zero-order valence-electron chi connectivity index (χ0n) is 10.3. The van der Waals surface area contributed by atoms with Gasteiger partial charge in [-0.15, -0.1) is 0 Å². The van der Waals surface area contributed by atoms with E-state index in [-0.39, 0.29) is 24.4 Å². The first-order chi connectivity index (χ1) is 8.70. The lowest BCUT2D eigenvalue weighted by atomic mass is 9.95. The third-order valence-corrected chi connectivity index (χ3v) is 3.10. The minimum Gasteiger partial charge on any atom is -0.358 e. The van der Waals surface area contributed by atoms with Crippen LogP contribution in [0.2, 0.25) is 0 Å². The lowest BCUT2D eigenvalue weighted by Gasteiger charge is -2.25. The molecule has 0 bridgehead atoms. The molecular weight excluding hydrogens is 230 g/mol. The largest absolute Gasteiger partial charge is 0.358 e. The molecule has 1 aromatic rings. The summed E-state index contributed by atoms with van der Waals surface area (Å²) in [5.41, 5.74) is 2.42. The third kappa shape index (κ3) is 2.87. The van der Waals surface area contributed by atoms with E-state index in [2.05, 4.69) is 22.0 Å². The second-order valence-corrected chi connectivity index (χ2v) is 4.30. The van der Waals surface area contributed by atoms with E-state index >= 15 is 0 Å². The maximum absolute atomic E-state index is 11.9. The summed E-state index contributed by atoms with van der Waals surface area (Å²) in [7, 11) is 1.55. The van der Waals surface area contributed by atoms with E-state index in [9.17, 15) is 9.59 Å². The molecule has 1 aliphatic heterocycles. The molecule has 0 saturated carbocycles. The summed E-state index contributed by atoms with van der Waals surface area (Å²) in [6.45, 7) is 0.712. The molecule has 0 aliphatic carbocycles. The van der Waals surface area contributed by atoms with Gasteiger partial charge in [0.15, 0.2) is 0 Å². The van der Waals surface area contributed by atoms with Crippen LogP contribution >= 0.6 is 0 Å². The number of carbonyl (C=O) groups is 2. The standard InChI is InChI=1S/C13H17N3O2/c1-14-12(17)8-16-13(18)11-6-9-4-2-3-5-10(9)7-15-11/h2-5,11,15H,6-8H2,1H3,(H,14,17)(H,16,18)/t11-/m0/s1. The highest BCUT2D eigenvalue weighted by molar-refractivity contribution is 5.87. The fourth-order valence-electron chi connectivity index (χ4n) is 2.02. The molecule has 0 unspecified atom stereocenters. The van der Waals surface area contributed by atoms with Crippen LogP contribution in [0.4, 0.5) is 0 Å². The van der Waals surface area contributed by atoms with Gasteiger partial charge in [0.05, 0.1) is 12.6 Å². The Balaban J connectivity index is 1.92. The quantitative estimate of drug-likeness (QED) is 0.678. The minimum atomic E-state index is -0.260. The van der Waals surface area contributed by atoms with Gasteiger partial charge in [0, 0.05) is 13.6 Å². The van der Waals surface area contributed by atoms with Crippen LogP contribution < -0.4 is 16.0 Å². The maximum atomic E-state index is 11.9. The molecule has 1 aliphatic rings. The van der Waals surface area contributed by atoms with Crippen molar-refractivity contribution in [3.63, 3.8) is 0 Å². The monoisotopic (exact) mass is 247 g/mol. The second-order valence-electron chi connectivity index (χ2n) is 4.30. The molecule has 5 nitrogen and oxygen atoms in total. The van der Waals surface area contributed by atoms with Gasteiger partial charge in [0.25, 0.3) is 0 Å². The van der Waals surface area contributed by atoms with Gasteiger partial charge in [-0.2, -0.15) is 0 Å². The summed E-state index contributed by atoms with van der Waals surface area (Å²) in [5.74, 6) is -0.326. The Morgan fingerprint density at radius 2 is 2.06 bits per heavy atom. The Bertz CT molecular complexity index is 459. The molecule has 1 aromatic carbocycles. The van der Waals surface area contributed by atoms with Crippen LogP contribution in [0, 0.1) is 0 Å². The van der Waals surface area contributed by atoms with E-state index in [1.165, 1.54) is 11.1 Å². The first-order valence-corrected chi connectivity index (χ1v) is 5.99. The highest BCUT2D eigenvalue weighted by Crippen LogP contribution is 2.16. The number of carbonyl (C=O) groups excluding carboxylic acids is 2. The highest BCUT2D eigenvalue weighted by Gasteiger charge is 2.23. The lowest BCUT2D eigenvalue weighted by Crippen LogP contribution is -2.49. The van der Waals surface area contributed by atoms with Crippen molar-refractivity contribution in [3.05, 3.63) is 35.4 Å². The number of fused-ring (bicyclic) bond motifs is 1. The zero-order valence-corrected chi connectivity index (χ0v) is 10.3. The number of nitrogens with one attached hydrogen (secondary N) is 3. The van der Waals surface area contributed by atoms with Gasteiger partial charge in [0.2, 0.25) is 11.8 Å². The Morgan fingerprint density at radius 1 is 1.33 bits per heavy atom. The average molecular weight is 247 g/mol. The summed E-state index contributed by atoms with van der Waals surface area (Å²) >= 11 is 0. The van der Waals surface area contributed by atoms with Gasteiger partial charge in [-0.25, -0.2) is 0 Å². The van der Waals surface area contributed by atoms with Crippen LogP contribution in [-0.4, -0.2) is 31.4 Å². The van der Waals surface area contributed by atoms with Crippen LogP contribution in [0.5, 0.6) is 0 Å². The molecule has 2 amide bonds. The maximum Gasteiger partial charge on any atom is 0.239 e. The number of hydrogen-bond donors (Lipinski definition) is 3. The topological polar surface area (TPSA) is 70.2 Å². The van der Waals surface area contributed by atoms with Crippen molar-refractivity contribution < 1.29 is 9.59 Å². The predicted octanol–water partition coefficient (Wildman–Crippen LogP) is -0.437. The molecule has 0 radical (unpaired) electrons. The molecule has 0 saturated heterocycles. The van der Waals surface area contributed by atoms with Crippen molar-refractivity contribution in [2.75, 3.05) is 13.6 Å². The number of hydrogen-bond acceptors (Lipinski definition) is 3. The van der Waals surface area contributed by atoms with Gasteiger partial charge in [-0.1, -0.05) is 24.3 Å². The third-order valence-electron chi connectivity index (χ3n) is 3.10. The zero-order chi connectivity index (χ0) is 13.0. The molecule has 96 valence electrons. The van der Waals surface area contributed by atoms with Gasteiger partial charge in [-0.3, -0.25) is 9.59 Å². The molecule has 1 heterocycles. The van der Waals surface area contributed by atoms with Crippen molar-refractivity contribution in [2.24, 2.45) is 0 Å². The Hall–Kier alpha value is -1.88. The number of benzene rings is 1. The number of rotatable bonds is 3. The molecule has 3 N–H and O–H groups in total. The summed E-state index contributed by atoms with van der Waals surface area (Å²) < 4.78 is 0. The van der Waals surface area contributed by atoms with Crippen molar-refractivity contribution >= 4 is 11.8 Å². The van der Waals surface area contributed by atoms with E-state index in [1.807, 2.05) is 18.2 Å². The molecule has 1 atom stereocenters. The summed E-state index contributed by atoms with van der Waals surface area (Å²) in [5, 5.41) is 8.26. The molecule has 0 spiro atoms. The second kappa shape index (κ2) is 5.64. The SMILES string of the molecule is CNC(=O)CNC(=O)[C@@H]1Cc2ccccc2CN1. The smallest absolute Gasteiger partial charge is 0.239 e. The lowest BCUT2D eigenvalue weighted by molar-refractivity contribution is -0.127. The van der Waals surface area contributed by atoms with Crippen LogP contribution in [0.3, 0.4) is 0 Å². The molecule has 0 fully saturated rings. The normalized spacial score (nSPS) is 17.7. The first kappa shape index (κ1) is 12.6. The fourth-order valence-corrected chi connectivity index (χ4v) is 2.02. The molecular formula is C13H17N3O2. The summed E-state index contributed by atoms with van der Waals surface area (Å²) in [4.78, 5) is 22.9. The van der Waals surface area contributed by atoms with Gasteiger partial charge >= 0.3 is 0 Å². The van der Waals surface area contributed by atoms with Gasteiger partial charge < -0.3 is 16.0 Å².